The molecule has 1 spiro atoms. The highest BCUT2D eigenvalue weighted by Gasteiger charge is 2.75. The Bertz CT molecular complexity index is 632. The standard InChI is InChI=1S/C27H45IO/c1-17(2)7-6-8-18(3)21-9-10-22-20-15-24-27(29-24)16-19(28)11-14-26(27,5)23(20)12-13-25(21,22)4/h17-24H,6-16H2,1-5H3/t18-,19-,20+,21-,22+,23+,24+,25-,26-,27+/m1/s1. The first-order valence-electron chi connectivity index (χ1n) is 13.0. The van der Waals surface area contributed by atoms with E-state index in [1.807, 2.05) is 0 Å². The van der Waals surface area contributed by atoms with Crippen molar-refractivity contribution < 1.29 is 4.74 Å². The second-order valence-corrected chi connectivity index (χ2v) is 14.7. The molecule has 1 aliphatic heterocycles. The third-order valence-corrected chi connectivity index (χ3v) is 12.3. The van der Waals surface area contributed by atoms with Crippen molar-refractivity contribution in [2.75, 3.05) is 0 Å². The van der Waals surface area contributed by atoms with E-state index >= 15 is 0 Å². The van der Waals surface area contributed by atoms with E-state index in [0.717, 1.165) is 39.4 Å². The minimum absolute atomic E-state index is 0.286. The number of rotatable bonds is 5. The summed E-state index contributed by atoms with van der Waals surface area (Å²) in [4.78, 5) is 0. The molecule has 0 radical (unpaired) electrons. The van der Waals surface area contributed by atoms with Crippen LogP contribution in [0.4, 0.5) is 0 Å². The van der Waals surface area contributed by atoms with Gasteiger partial charge in [-0.1, -0.05) is 76.5 Å². The molecule has 0 amide bonds. The first-order valence-corrected chi connectivity index (χ1v) is 14.3. The fourth-order valence-electron chi connectivity index (χ4n) is 9.65. The second-order valence-electron chi connectivity index (χ2n) is 12.9. The lowest BCUT2D eigenvalue weighted by Gasteiger charge is -2.59. The first-order chi connectivity index (χ1) is 13.7. The predicted molar refractivity (Wildman–Crippen MR) is 130 cm³/mol. The quantitative estimate of drug-likeness (QED) is 0.206. The molecule has 1 heterocycles. The maximum absolute atomic E-state index is 6.66. The Morgan fingerprint density at radius 2 is 1.76 bits per heavy atom. The molecule has 5 rings (SSSR count). The minimum Gasteiger partial charge on any atom is -0.365 e. The summed E-state index contributed by atoms with van der Waals surface area (Å²) >= 11 is 2.71. The van der Waals surface area contributed by atoms with Crippen molar-refractivity contribution in [3.05, 3.63) is 0 Å². The Balaban J connectivity index is 1.33. The van der Waals surface area contributed by atoms with Gasteiger partial charge in [-0.3, -0.25) is 0 Å². The van der Waals surface area contributed by atoms with E-state index in [9.17, 15) is 0 Å². The number of hydrogen-bond donors (Lipinski definition) is 0. The Hall–Kier alpha value is 0.690. The minimum atomic E-state index is 0.286. The first kappa shape index (κ1) is 21.5. The lowest BCUT2D eigenvalue weighted by molar-refractivity contribution is -0.0988. The van der Waals surface area contributed by atoms with E-state index in [1.165, 1.54) is 70.6 Å². The average Bonchev–Trinajstić information content (AvgIpc) is 3.22. The zero-order valence-electron chi connectivity index (χ0n) is 19.7. The van der Waals surface area contributed by atoms with Gasteiger partial charge in [-0.2, -0.15) is 0 Å². The normalized spacial score (nSPS) is 54.3. The number of ether oxygens (including phenoxy) is 1. The third kappa shape index (κ3) is 3.14. The summed E-state index contributed by atoms with van der Waals surface area (Å²) in [5.74, 6) is 5.64. The van der Waals surface area contributed by atoms with Gasteiger partial charge in [0.15, 0.2) is 0 Å². The van der Waals surface area contributed by atoms with Crippen molar-refractivity contribution in [1.82, 2.24) is 0 Å². The molecule has 0 aromatic heterocycles. The van der Waals surface area contributed by atoms with Crippen LogP contribution in [0, 0.1) is 46.3 Å². The van der Waals surface area contributed by atoms with E-state index < -0.39 is 0 Å². The molecular formula is C27H45IO. The van der Waals surface area contributed by atoms with Crippen LogP contribution in [0.5, 0.6) is 0 Å². The van der Waals surface area contributed by atoms with Crippen molar-refractivity contribution in [3.63, 3.8) is 0 Å². The van der Waals surface area contributed by atoms with Gasteiger partial charge in [0.05, 0.1) is 6.10 Å². The molecule has 5 fully saturated rings. The zero-order chi connectivity index (χ0) is 20.6. The van der Waals surface area contributed by atoms with Crippen molar-refractivity contribution in [3.8, 4) is 0 Å². The number of alkyl halides is 1. The highest BCUT2D eigenvalue weighted by atomic mass is 127. The van der Waals surface area contributed by atoms with Gasteiger partial charge in [0.25, 0.3) is 0 Å². The Kier molecular flexibility index (Phi) is 5.46. The summed E-state index contributed by atoms with van der Waals surface area (Å²) < 4.78 is 7.51. The van der Waals surface area contributed by atoms with Crippen molar-refractivity contribution in [2.45, 2.75) is 121 Å². The molecule has 0 N–H and O–H groups in total. The lowest BCUT2D eigenvalue weighted by atomic mass is 9.44. The smallest absolute Gasteiger partial charge is 0.101 e. The van der Waals surface area contributed by atoms with Gasteiger partial charge >= 0.3 is 0 Å². The van der Waals surface area contributed by atoms with Gasteiger partial charge in [-0.05, 0) is 92.3 Å². The van der Waals surface area contributed by atoms with Crippen molar-refractivity contribution in [2.24, 2.45) is 46.3 Å². The van der Waals surface area contributed by atoms with Crippen molar-refractivity contribution >= 4 is 22.6 Å². The van der Waals surface area contributed by atoms with Gasteiger partial charge in [0.1, 0.15) is 5.60 Å². The van der Waals surface area contributed by atoms with Crippen LogP contribution in [-0.2, 0) is 4.74 Å². The molecule has 0 aromatic rings. The highest BCUT2D eigenvalue weighted by Crippen LogP contribution is 2.74. The molecule has 2 heteroatoms. The van der Waals surface area contributed by atoms with Gasteiger partial charge in [0, 0.05) is 9.34 Å². The van der Waals surface area contributed by atoms with Gasteiger partial charge in [-0.25, -0.2) is 0 Å². The van der Waals surface area contributed by atoms with Crippen LogP contribution >= 0.6 is 22.6 Å². The fourth-order valence-corrected chi connectivity index (χ4v) is 10.6. The van der Waals surface area contributed by atoms with Gasteiger partial charge in [0.2, 0.25) is 0 Å². The molecule has 4 saturated carbocycles. The number of hydrogen-bond acceptors (Lipinski definition) is 1. The molecule has 0 unspecified atom stereocenters. The fraction of sp³-hybridized carbons (Fsp3) is 1.00. The predicted octanol–water partition coefficient (Wildman–Crippen LogP) is 8.04. The third-order valence-electron chi connectivity index (χ3n) is 11.2. The van der Waals surface area contributed by atoms with Crippen LogP contribution in [0.15, 0.2) is 0 Å². The highest BCUT2D eigenvalue weighted by molar-refractivity contribution is 14.1. The van der Waals surface area contributed by atoms with E-state index in [-0.39, 0.29) is 5.60 Å². The van der Waals surface area contributed by atoms with Crippen LogP contribution < -0.4 is 0 Å². The van der Waals surface area contributed by atoms with Crippen LogP contribution in [0.1, 0.15) is 105 Å². The van der Waals surface area contributed by atoms with E-state index in [1.54, 1.807) is 0 Å². The molecule has 0 bridgehead atoms. The lowest BCUT2D eigenvalue weighted by Crippen LogP contribution is -2.58. The summed E-state index contributed by atoms with van der Waals surface area (Å²) in [6.45, 7) is 12.8. The van der Waals surface area contributed by atoms with E-state index in [4.69, 9.17) is 4.74 Å². The van der Waals surface area contributed by atoms with Gasteiger partial charge in [-0.15, -0.1) is 0 Å². The Morgan fingerprint density at radius 1 is 0.966 bits per heavy atom. The van der Waals surface area contributed by atoms with Crippen LogP contribution in [0.3, 0.4) is 0 Å². The largest absolute Gasteiger partial charge is 0.365 e. The molecule has 166 valence electrons. The topological polar surface area (TPSA) is 12.5 Å². The molecule has 1 saturated heterocycles. The zero-order valence-corrected chi connectivity index (χ0v) is 21.8. The summed E-state index contributed by atoms with van der Waals surface area (Å²) in [5, 5.41) is 0. The molecular weight excluding hydrogens is 467 g/mol. The van der Waals surface area contributed by atoms with Gasteiger partial charge < -0.3 is 4.74 Å². The number of epoxide rings is 1. The molecule has 0 aromatic carbocycles. The second kappa shape index (κ2) is 7.35. The molecule has 5 aliphatic rings. The maximum Gasteiger partial charge on any atom is 0.101 e. The van der Waals surface area contributed by atoms with Crippen LogP contribution in [0.25, 0.3) is 0 Å². The van der Waals surface area contributed by atoms with E-state index in [0.29, 0.717) is 16.9 Å². The monoisotopic (exact) mass is 512 g/mol. The number of halogens is 1. The van der Waals surface area contributed by atoms with E-state index in [2.05, 4.69) is 57.2 Å². The Labute approximate surface area is 194 Å². The molecule has 4 aliphatic carbocycles. The summed E-state index contributed by atoms with van der Waals surface area (Å²) in [6.07, 6.45) is 16.5. The summed E-state index contributed by atoms with van der Waals surface area (Å²) in [6, 6.07) is 0. The molecule has 1 nitrogen and oxygen atoms in total. The average molecular weight is 513 g/mol. The SMILES string of the molecule is CC(C)CCC[C@@H](C)[C@H]1CC[C@H]2[C@@H]3C[C@@H]4O[C@@]45C[C@H](I)CC[C@]5(C)[C@H]3CC[C@]12C. The van der Waals surface area contributed by atoms with Crippen LogP contribution in [-0.4, -0.2) is 15.6 Å². The summed E-state index contributed by atoms with van der Waals surface area (Å²) in [7, 11) is 0. The van der Waals surface area contributed by atoms with Crippen molar-refractivity contribution in [1.29, 1.82) is 0 Å². The summed E-state index contributed by atoms with van der Waals surface area (Å²) in [5.41, 5.74) is 1.38. The molecule has 10 atom stereocenters. The van der Waals surface area contributed by atoms with Crippen LogP contribution in [0.2, 0.25) is 0 Å². The molecule has 29 heavy (non-hydrogen) atoms. The number of fused-ring (bicyclic) bond motifs is 4. The maximum atomic E-state index is 6.66. The Morgan fingerprint density at radius 3 is 2.52 bits per heavy atom.